The lowest BCUT2D eigenvalue weighted by Crippen LogP contribution is -2.26. The third-order valence-electron chi connectivity index (χ3n) is 3.30. The van der Waals surface area contributed by atoms with Crippen molar-refractivity contribution >= 4 is 21.9 Å². The summed E-state index contributed by atoms with van der Waals surface area (Å²) in [5.74, 6) is 0.941. The Bertz CT molecular complexity index is 665. The molecule has 2 aromatic carbocycles. The first-order chi connectivity index (χ1) is 10.9. The van der Waals surface area contributed by atoms with E-state index in [4.69, 9.17) is 9.47 Å². The SMILES string of the molecule is CCOC(=O)CC(C)(O)c1ccc(Oc2cccc(Br)c2)cc1. The molecule has 0 fully saturated rings. The summed E-state index contributed by atoms with van der Waals surface area (Å²) < 4.78 is 11.6. The van der Waals surface area contributed by atoms with Gasteiger partial charge in [0.25, 0.3) is 0 Å². The van der Waals surface area contributed by atoms with Gasteiger partial charge in [0.2, 0.25) is 0 Å². The molecular weight excluding hydrogens is 360 g/mol. The first kappa shape index (κ1) is 17.5. The average Bonchev–Trinajstić information content (AvgIpc) is 2.47. The van der Waals surface area contributed by atoms with E-state index in [0.29, 0.717) is 23.7 Å². The lowest BCUT2D eigenvalue weighted by Gasteiger charge is -2.23. The van der Waals surface area contributed by atoms with Crippen LogP contribution in [0.25, 0.3) is 0 Å². The molecule has 0 heterocycles. The summed E-state index contributed by atoms with van der Waals surface area (Å²) in [5.41, 5.74) is -0.646. The highest BCUT2D eigenvalue weighted by molar-refractivity contribution is 9.10. The van der Waals surface area contributed by atoms with Gasteiger partial charge in [-0.15, -0.1) is 0 Å². The van der Waals surface area contributed by atoms with E-state index in [2.05, 4.69) is 15.9 Å². The molecule has 4 nitrogen and oxygen atoms in total. The van der Waals surface area contributed by atoms with Gasteiger partial charge in [0, 0.05) is 4.47 Å². The second-order valence-corrected chi connectivity index (χ2v) is 6.26. The Balaban J connectivity index is 2.08. The van der Waals surface area contributed by atoms with Crippen LogP contribution in [0.1, 0.15) is 25.8 Å². The maximum absolute atomic E-state index is 11.6. The molecule has 0 saturated heterocycles. The summed E-state index contributed by atoms with van der Waals surface area (Å²) in [5, 5.41) is 10.5. The van der Waals surface area contributed by atoms with Crippen LogP contribution in [-0.2, 0) is 15.1 Å². The highest BCUT2D eigenvalue weighted by Crippen LogP contribution is 2.29. The Morgan fingerprint density at radius 2 is 1.87 bits per heavy atom. The van der Waals surface area contributed by atoms with Gasteiger partial charge in [0.05, 0.1) is 18.6 Å². The lowest BCUT2D eigenvalue weighted by atomic mass is 9.92. The number of rotatable bonds is 6. The summed E-state index contributed by atoms with van der Waals surface area (Å²) >= 11 is 3.39. The first-order valence-electron chi connectivity index (χ1n) is 7.32. The van der Waals surface area contributed by atoms with Gasteiger partial charge in [-0.05, 0) is 49.7 Å². The minimum Gasteiger partial charge on any atom is -0.466 e. The highest BCUT2D eigenvalue weighted by Gasteiger charge is 2.27. The predicted octanol–water partition coefficient (Wildman–Crippen LogP) is 4.40. The fraction of sp³-hybridized carbons (Fsp3) is 0.278. The molecule has 1 N–H and O–H groups in total. The molecule has 122 valence electrons. The molecule has 0 aliphatic heterocycles. The number of carbonyl (C=O) groups excluding carboxylic acids is 1. The molecule has 0 spiro atoms. The molecule has 0 aliphatic rings. The average molecular weight is 379 g/mol. The van der Waals surface area contributed by atoms with E-state index in [1.807, 2.05) is 24.3 Å². The van der Waals surface area contributed by atoms with Gasteiger partial charge >= 0.3 is 5.97 Å². The number of carbonyl (C=O) groups is 1. The topological polar surface area (TPSA) is 55.8 Å². The number of hydrogen-bond donors (Lipinski definition) is 1. The zero-order valence-electron chi connectivity index (χ0n) is 13.1. The second kappa shape index (κ2) is 7.62. The van der Waals surface area contributed by atoms with Crippen molar-refractivity contribution in [2.45, 2.75) is 25.9 Å². The van der Waals surface area contributed by atoms with Crippen LogP contribution >= 0.6 is 15.9 Å². The summed E-state index contributed by atoms with van der Waals surface area (Å²) in [4.78, 5) is 11.6. The van der Waals surface area contributed by atoms with Crippen molar-refractivity contribution in [1.29, 1.82) is 0 Å². The van der Waals surface area contributed by atoms with E-state index in [1.165, 1.54) is 0 Å². The normalized spacial score (nSPS) is 13.2. The third kappa shape index (κ3) is 5.08. The molecule has 0 radical (unpaired) electrons. The van der Waals surface area contributed by atoms with Gasteiger partial charge in [-0.2, -0.15) is 0 Å². The number of esters is 1. The van der Waals surface area contributed by atoms with Crippen molar-refractivity contribution in [2.24, 2.45) is 0 Å². The van der Waals surface area contributed by atoms with Gasteiger partial charge in [0.15, 0.2) is 0 Å². The van der Waals surface area contributed by atoms with Gasteiger partial charge in [-0.25, -0.2) is 0 Å². The molecule has 0 saturated carbocycles. The summed E-state index contributed by atoms with van der Waals surface area (Å²) in [6.45, 7) is 3.63. The summed E-state index contributed by atoms with van der Waals surface area (Å²) in [6.07, 6.45) is -0.0906. The molecule has 0 bridgehead atoms. The first-order valence-corrected chi connectivity index (χ1v) is 8.12. The van der Waals surface area contributed by atoms with E-state index < -0.39 is 11.6 Å². The number of hydrogen-bond acceptors (Lipinski definition) is 4. The van der Waals surface area contributed by atoms with Crippen LogP contribution in [0.5, 0.6) is 11.5 Å². The van der Waals surface area contributed by atoms with Gasteiger partial charge < -0.3 is 14.6 Å². The predicted molar refractivity (Wildman–Crippen MR) is 91.5 cm³/mol. The Morgan fingerprint density at radius 3 is 2.48 bits per heavy atom. The molecule has 2 aromatic rings. The van der Waals surface area contributed by atoms with Crippen molar-refractivity contribution < 1.29 is 19.4 Å². The molecule has 5 heteroatoms. The van der Waals surface area contributed by atoms with Crippen molar-refractivity contribution in [2.75, 3.05) is 6.61 Å². The summed E-state index contributed by atoms with van der Waals surface area (Å²) in [6, 6.07) is 14.5. The second-order valence-electron chi connectivity index (χ2n) is 5.34. The zero-order valence-corrected chi connectivity index (χ0v) is 14.7. The Hall–Kier alpha value is -1.85. The molecule has 1 unspecified atom stereocenters. The lowest BCUT2D eigenvalue weighted by molar-refractivity contribution is -0.148. The van der Waals surface area contributed by atoms with Crippen LogP contribution < -0.4 is 4.74 Å². The number of benzene rings is 2. The van der Waals surface area contributed by atoms with E-state index in [0.717, 1.165) is 4.47 Å². The fourth-order valence-corrected chi connectivity index (χ4v) is 2.52. The number of ether oxygens (including phenoxy) is 2. The molecule has 23 heavy (non-hydrogen) atoms. The number of halogens is 1. The van der Waals surface area contributed by atoms with Crippen molar-refractivity contribution in [3.8, 4) is 11.5 Å². The standard InChI is InChI=1S/C18H19BrO4/c1-3-22-17(20)12-18(2,21)13-7-9-15(10-8-13)23-16-6-4-5-14(19)11-16/h4-11,21H,3,12H2,1-2H3. The van der Waals surface area contributed by atoms with E-state index in [1.54, 1.807) is 38.1 Å². The fourth-order valence-electron chi connectivity index (χ4n) is 2.14. The van der Waals surface area contributed by atoms with Crippen LogP contribution in [0.15, 0.2) is 53.0 Å². The molecule has 0 aromatic heterocycles. The maximum atomic E-state index is 11.6. The Labute approximate surface area is 144 Å². The van der Waals surface area contributed by atoms with Crippen LogP contribution in [0.3, 0.4) is 0 Å². The van der Waals surface area contributed by atoms with E-state index >= 15 is 0 Å². The van der Waals surface area contributed by atoms with Gasteiger partial charge in [0.1, 0.15) is 11.5 Å². The molecule has 2 rings (SSSR count). The Morgan fingerprint density at radius 1 is 1.17 bits per heavy atom. The quantitative estimate of drug-likeness (QED) is 0.756. The van der Waals surface area contributed by atoms with Gasteiger partial charge in [-0.3, -0.25) is 4.79 Å². The Kier molecular flexibility index (Phi) is 5.80. The molecule has 0 amide bonds. The van der Waals surface area contributed by atoms with Crippen molar-refractivity contribution in [3.63, 3.8) is 0 Å². The minimum atomic E-state index is -1.28. The minimum absolute atomic E-state index is 0.0906. The smallest absolute Gasteiger partial charge is 0.309 e. The van der Waals surface area contributed by atoms with Crippen LogP contribution in [0.4, 0.5) is 0 Å². The zero-order chi connectivity index (χ0) is 16.9. The third-order valence-corrected chi connectivity index (χ3v) is 3.80. The molecule has 1 atom stereocenters. The van der Waals surface area contributed by atoms with Crippen molar-refractivity contribution in [1.82, 2.24) is 0 Å². The number of aliphatic hydroxyl groups is 1. The van der Waals surface area contributed by atoms with E-state index in [9.17, 15) is 9.90 Å². The van der Waals surface area contributed by atoms with E-state index in [-0.39, 0.29) is 6.42 Å². The van der Waals surface area contributed by atoms with Crippen LogP contribution in [-0.4, -0.2) is 17.7 Å². The summed E-state index contributed by atoms with van der Waals surface area (Å²) in [7, 11) is 0. The van der Waals surface area contributed by atoms with Gasteiger partial charge in [-0.1, -0.05) is 34.1 Å². The molecule has 0 aliphatic carbocycles. The van der Waals surface area contributed by atoms with Crippen LogP contribution in [0.2, 0.25) is 0 Å². The van der Waals surface area contributed by atoms with Crippen molar-refractivity contribution in [3.05, 3.63) is 58.6 Å². The largest absolute Gasteiger partial charge is 0.466 e. The molecular formula is C18H19BrO4. The highest BCUT2D eigenvalue weighted by atomic mass is 79.9. The van der Waals surface area contributed by atoms with Crippen LogP contribution in [0, 0.1) is 0 Å². The maximum Gasteiger partial charge on any atom is 0.309 e. The monoisotopic (exact) mass is 378 g/mol.